The van der Waals surface area contributed by atoms with Gasteiger partial charge in [0.1, 0.15) is 0 Å². The molecule has 2 rings (SSSR count). The molecule has 1 aliphatic rings. The Bertz CT molecular complexity index is 388. The topological polar surface area (TPSA) is 17.1 Å². The van der Waals surface area contributed by atoms with E-state index < -0.39 is 0 Å². The second kappa shape index (κ2) is 3.13. The summed E-state index contributed by atoms with van der Waals surface area (Å²) >= 11 is 1.38. The van der Waals surface area contributed by atoms with E-state index >= 15 is 0 Å². The van der Waals surface area contributed by atoms with E-state index in [1.807, 2.05) is 0 Å². The maximum Gasteiger partial charge on any atom is 0.198 e. The standard InChI is InChI=1S/C12H14OS/c1-12(2,3)9-5-4-8-6-11(13)14-10(8)7-9/h4-5,7H,6H2,1-3H3. The molecule has 0 fully saturated rings. The van der Waals surface area contributed by atoms with Gasteiger partial charge in [0, 0.05) is 11.3 Å². The third-order valence-corrected chi connectivity index (χ3v) is 3.46. The molecule has 1 aromatic carbocycles. The van der Waals surface area contributed by atoms with Gasteiger partial charge < -0.3 is 0 Å². The van der Waals surface area contributed by atoms with E-state index in [1.54, 1.807) is 0 Å². The van der Waals surface area contributed by atoms with Crippen molar-refractivity contribution in [2.75, 3.05) is 0 Å². The van der Waals surface area contributed by atoms with Crippen LogP contribution in [0.2, 0.25) is 0 Å². The van der Waals surface area contributed by atoms with E-state index in [0.717, 1.165) is 4.90 Å². The quantitative estimate of drug-likeness (QED) is 0.648. The lowest BCUT2D eigenvalue weighted by Crippen LogP contribution is -2.10. The fraction of sp³-hybridized carbons (Fsp3) is 0.417. The summed E-state index contributed by atoms with van der Waals surface area (Å²) in [4.78, 5) is 12.4. The predicted molar refractivity (Wildman–Crippen MR) is 59.7 cm³/mol. The summed E-state index contributed by atoms with van der Waals surface area (Å²) < 4.78 is 0. The first-order valence-electron chi connectivity index (χ1n) is 4.81. The molecule has 0 saturated carbocycles. The zero-order valence-corrected chi connectivity index (χ0v) is 9.57. The highest BCUT2D eigenvalue weighted by atomic mass is 32.2. The Morgan fingerprint density at radius 1 is 1.29 bits per heavy atom. The molecule has 0 spiro atoms. The Morgan fingerprint density at radius 3 is 2.64 bits per heavy atom. The minimum absolute atomic E-state index is 0.168. The molecule has 0 amide bonds. The monoisotopic (exact) mass is 206 g/mol. The second-order valence-electron chi connectivity index (χ2n) is 4.72. The first-order valence-corrected chi connectivity index (χ1v) is 5.62. The van der Waals surface area contributed by atoms with Crippen LogP contribution in [0.25, 0.3) is 0 Å². The molecule has 0 aromatic heterocycles. The highest BCUT2D eigenvalue weighted by Crippen LogP contribution is 2.35. The summed E-state index contributed by atoms with van der Waals surface area (Å²) in [5.74, 6) is 0. The lowest BCUT2D eigenvalue weighted by Gasteiger charge is -2.19. The van der Waals surface area contributed by atoms with Crippen molar-refractivity contribution in [3.8, 4) is 0 Å². The SMILES string of the molecule is CC(C)(C)c1ccc2c(c1)SC(=O)C2. The highest BCUT2D eigenvalue weighted by molar-refractivity contribution is 8.14. The first-order chi connectivity index (χ1) is 6.47. The van der Waals surface area contributed by atoms with Gasteiger partial charge in [0.05, 0.1) is 0 Å². The van der Waals surface area contributed by atoms with E-state index in [4.69, 9.17) is 0 Å². The molecule has 1 aromatic rings. The number of rotatable bonds is 0. The molecular weight excluding hydrogens is 192 g/mol. The van der Waals surface area contributed by atoms with Gasteiger partial charge >= 0.3 is 0 Å². The van der Waals surface area contributed by atoms with Gasteiger partial charge in [0.15, 0.2) is 5.12 Å². The molecule has 0 saturated heterocycles. The summed E-state index contributed by atoms with van der Waals surface area (Å²) in [6.45, 7) is 6.57. The van der Waals surface area contributed by atoms with Gasteiger partial charge in [0.25, 0.3) is 0 Å². The lowest BCUT2D eigenvalue weighted by atomic mass is 9.86. The van der Waals surface area contributed by atoms with E-state index in [9.17, 15) is 4.79 Å². The van der Waals surface area contributed by atoms with Crippen LogP contribution >= 0.6 is 11.8 Å². The smallest absolute Gasteiger partial charge is 0.198 e. The van der Waals surface area contributed by atoms with Crippen molar-refractivity contribution in [1.82, 2.24) is 0 Å². The second-order valence-corrected chi connectivity index (χ2v) is 5.82. The molecule has 0 unspecified atom stereocenters. The summed E-state index contributed by atoms with van der Waals surface area (Å²) in [5.41, 5.74) is 2.66. The van der Waals surface area contributed by atoms with Gasteiger partial charge in [-0.2, -0.15) is 0 Å². The molecule has 0 N–H and O–H groups in total. The molecule has 0 bridgehead atoms. The third-order valence-electron chi connectivity index (χ3n) is 2.49. The van der Waals surface area contributed by atoms with Crippen LogP contribution in [-0.2, 0) is 16.6 Å². The molecule has 1 aliphatic heterocycles. The van der Waals surface area contributed by atoms with Crippen molar-refractivity contribution >= 4 is 16.9 Å². The Kier molecular flexibility index (Phi) is 2.18. The fourth-order valence-corrected chi connectivity index (χ4v) is 2.51. The average molecular weight is 206 g/mol. The molecule has 1 nitrogen and oxygen atoms in total. The third kappa shape index (κ3) is 1.71. The van der Waals surface area contributed by atoms with Gasteiger partial charge in [-0.1, -0.05) is 44.7 Å². The summed E-state index contributed by atoms with van der Waals surface area (Å²) in [6.07, 6.45) is 0.602. The maximum absolute atomic E-state index is 11.2. The highest BCUT2D eigenvalue weighted by Gasteiger charge is 2.22. The first kappa shape index (κ1) is 9.78. The van der Waals surface area contributed by atoms with Gasteiger partial charge in [-0.25, -0.2) is 0 Å². The largest absolute Gasteiger partial charge is 0.286 e. The predicted octanol–water partition coefficient (Wildman–Crippen LogP) is 3.16. The van der Waals surface area contributed by atoms with E-state index in [-0.39, 0.29) is 10.5 Å². The number of carbonyl (C=O) groups excluding carboxylic acids is 1. The summed E-state index contributed by atoms with van der Waals surface area (Å²) in [6, 6.07) is 6.39. The minimum atomic E-state index is 0.168. The molecule has 2 heteroatoms. The van der Waals surface area contributed by atoms with E-state index in [2.05, 4.69) is 39.0 Å². The van der Waals surface area contributed by atoms with Crippen LogP contribution in [0.4, 0.5) is 0 Å². The zero-order valence-electron chi connectivity index (χ0n) is 8.76. The normalized spacial score (nSPS) is 15.8. The van der Waals surface area contributed by atoms with Crippen molar-refractivity contribution < 1.29 is 4.79 Å². The minimum Gasteiger partial charge on any atom is -0.286 e. The zero-order chi connectivity index (χ0) is 10.3. The number of hydrogen-bond acceptors (Lipinski definition) is 2. The summed E-state index contributed by atoms with van der Waals surface area (Å²) in [7, 11) is 0. The van der Waals surface area contributed by atoms with Crippen molar-refractivity contribution in [3.05, 3.63) is 29.3 Å². The maximum atomic E-state index is 11.2. The van der Waals surface area contributed by atoms with Crippen LogP contribution in [0.1, 0.15) is 31.9 Å². The van der Waals surface area contributed by atoms with Crippen LogP contribution < -0.4 is 0 Å². The molecule has 0 aliphatic carbocycles. The molecule has 0 atom stereocenters. The summed E-state index contributed by atoms with van der Waals surface area (Å²) in [5, 5.41) is 0.269. The molecule has 74 valence electrons. The van der Waals surface area contributed by atoms with Crippen LogP contribution in [0.15, 0.2) is 23.1 Å². The van der Waals surface area contributed by atoms with Crippen molar-refractivity contribution in [3.63, 3.8) is 0 Å². The van der Waals surface area contributed by atoms with Crippen molar-refractivity contribution in [2.45, 2.75) is 37.5 Å². The lowest BCUT2D eigenvalue weighted by molar-refractivity contribution is -0.110. The Labute approximate surface area is 88.9 Å². The Hall–Kier alpha value is -0.760. The molecule has 14 heavy (non-hydrogen) atoms. The van der Waals surface area contributed by atoms with Gasteiger partial charge in [-0.05, 0) is 22.6 Å². The number of benzene rings is 1. The van der Waals surface area contributed by atoms with Gasteiger partial charge in [0.2, 0.25) is 0 Å². The van der Waals surface area contributed by atoms with Gasteiger partial charge in [-0.3, -0.25) is 4.79 Å². The Morgan fingerprint density at radius 2 is 2.00 bits per heavy atom. The van der Waals surface area contributed by atoms with Crippen LogP contribution in [0.3, 0.4) is 0 Å². The van der Waals surface area contributed by atoms with Crippen LogP contribution in [0.5, 0.6) is 0 Å². The van der Waals surface area contributed by atoms with Crippen LogP contribution in [0, 0.1) is 0 Å². The average Bonchev–Trinajstić information content (AvgIpc) is 2.41. The fourth-order valence-electron chi connectivity index (χ4n) is 1.58. The Balaban J connectivity index is 2.43. The molecule has 1 heterocycles. The number of carbonyl (C=O) groups is 1. The number of thioether (sulfide) groups is 1. The number of fused-ring (bicyclic) bond motifs is 1. The van der Waals surface area contributed by atoms with Crippen molar-refractivity contribution in [2.24, 2.45) is 0 Å². The van der Waals surface area contributed by atoms with E-state index in [0.29, 0.717) is 6.42 Å². The molecule has 0 radical (unpaired) electrons. The van der Waals surface area contributed by atoms with Gasteiger partial charge in [-0.15, -0.1) is 0 Å². The van der Waals surface area contributed by atoms with E-state index in [1.165, 1.54) is 22.9 Å². The van der Waals surface area contributed by atoms with Crippen LogP contribution in [-0.4, -0.2) is 5.12 Å². The molecular formula is C12H14OS. The van der Waals surface area contributed by atoms with Crippen molar-refractivity contribution in [1.29, 1.82) is 0 Å². The number of hydrogen-bond donors (Lipinski definition) is 0.